The molecule has 0 saturated carbocycles. The van der Waals surface area contributed by atoms with Crippen molar-refractivity contribution < 1.29 is 0 Å². The van der Waals surface area contributed by atoms with Gasteiger partial charge in [0.1, 0.15) is 5.82 Å². The zero-order valence-electron chi connectivity index (χ0n) is 10.3. The van der Waals surface area contributed by atoms with E-state index in [1.807, 2.05) is 29.9 Å². The van der Waals surface area contributed by atoms with Crippen LogP contribution in [-0.2, 0) is 13.6 Å². The molecule has 2 aromatic rings. The van der Waals surface area contributed by atoms with E-state index < -0.39 is 0 Å². The molecule has 1 N–H and O–H groups in total. The van der Waals surface area contributed by atoms with E-state index >= 15 is 0 Å². The molecule has 2 rings (SSSR count). The number of nitrogens with zero attached hydrogens (tertiary/aromatic N) is 2. The summed E-state index contributed by atoms with van der Waals surface area (Å²) in [6.45, 7) is 2.74. The highest BCUT2D eigenvalue weighted by molar-refractivity contribution is 6.33. The molecule has 0 aliphatic rings. The number of hydrogen-bond donors (Lipinski definition) is 1. The second-order valence-corrected chi connectivity index (χ2v) is 5.07. The molecule has 96 valence electrons. The normalized spacial score (nSPS) is 12.7. The van der Waals surface area contributed by atoms with Gasteiger partial charge in [0.05, 0.1) is 6.54 Å². The molecule has 1 atom stereocenters. The number of aryl methyl sites for hydroxylation is 1. The second-order valence-electron chi connectivity index (χ2n) is 4.22. The molecule has 0 bridgehead atoms. The van der Waals surface area contributed by atoms with E-state index in [4.69, 9.17) is 23.2 Å². The number of rotatable bonds is 4. The summed E-state index contributed by atoms with van der Waals surface area (Å²) in [6.07, 6.45) is 3.71. The molecule has 0 radical (unpaired) electrons. The lowest BCUT2D eigenvalue weighted by Gasteiger charge is -2.16. The van der Waals surface area contributed by atoms with Crippen molar-refractivity contribution in [2.75, 3.05) is 0 Å². The predicted octanol–water partition coefficient (Wildman–Crippen LogP) is 3.58. The third-order valence-corrected chi connectivity index (χ3v) is 3.49. The number of aromatic nitrogens is 2. The standard InChI is InChI=1S/C13H15Cl2N3/c1-9(11-7-10(14)3-4-12(11)15)17-8-13-16-5-6-18(13)2/h3-7,9,17H,8H2,1-2H3. The van der Waals surface area contributed by atoms with Crippen molar-refractivity contribution in [3.8, 4) is 0 Å². The Labute approximate surface area is 117 Å². The lowest BCUT2D eigenvalue weighted by atomic mass is 10.1. The quantitative estimate of drug-likeness (QED) is 0.930. The smallest absolute Gasteiger partial charge is 0.122 e. The van der Waals surface area contributed by atoms with Gasteiger partial charge in [-0.1, -0.05) is 23.2 Å². The predicted molar refractivity (Wildman–Crippen MR) is 74.9 cm³/mol. The average Bonchev–Trinajstić information content (AvgIpc) is 2.75. The highest BCUT2D eigenvalue weighted by Crippen LogP contribution is 2.26. The van der Waals surface area contributed by atoms with Crippen LogP contribution in [0.15, 0.2) is 30.6 Å². The lowest BCUT2D eigenvalue weighted by Crippen LogP contribution is -2.20. The Bertz CT molecular complexity index is 537. The fraction of sp³-hybridized carbons (Fsp3) is 0.308. The number of hydrogen-bond acceptors (Lipinski definition) is 2. The SMILES string of the molecule is CC(NCc1nccn1C)c1cc(Cl)ccc1Cl. The molecular weight excluding hydrogens is 269 g/mol. The summed E-state index contributed by atoms with van der Waals surface area (Å²) in [7, 11) is 1.97. The molecular formula is C13H15Cl2N3. The number of halogens is 2. The van der Waals surface area contributed by atoms with Gasteiger partial charge in [0.25, 0.3) is 0 Å². The summed E-state index contributed by atoms with van der Waals surface area (Å²) in [5.74, 6) is 0.986. The molecule has 5 heteroatoms. The zero-order valence-corrected chi connectivity index (χ0v) is 11.8. The first-order valence-electron chi connectivity index (χ1n) is 5.72. The highest BCUT2D eigenvalue weighted by atomic mass is 35.5. The summed E-state index contributed by atoms with van der Waals surface area (Å²) < 4.78 is 1.99. The molecule has 1 aromatic carbocycles. The van der Waals surface area contributed by atoms with Crippen LogP contribution >= 0.6 is 23.2 Å². The molecule has 0 aliphatic carbocycles. The van der Waals surface area contributed by atoms with Crippen LogP contribution in [0.2, 0.25) is 10.0 Å². The van der Waals surface area contributed by atoms with Crippen LogP contribution in [0.25, 0.3) is 0 Å². The lowest BCUT2D eigenvalue weighted by molar-refractivity contribution is 0.549. The van der Waals surface area contributed by atoms with Crippen LogP contribution in [0.1, 0.15) is 24.4 Å². The first-order chi connectivity index (χ1) is 8.58. The van der Waals surface area contributed by atoms with Gasteiger partial charge in [0, 0.05) is 35.5 Å². The van der Waals surface area contributed by atoms with Crippen molar-refractivity contribution in [3.63, 3.8) is 0 Å². The Balaban J connectivity index is 2.06. The van der Waals surface area contributed by atoms with Gasteiger partial charge in [-0.2, -0.15) is 0 Å². The van der Waals surface area contributed by atoms with Crippen molar-refractivity contribution in [2.45, 2.75) is 19.5 Å². The van der Waals surface area contributed by atoms with E-state index in [0.29, 0.717) is 11.6 Å². The molecule has 18 heavy (non-hydrogen) atoms. The summed E-state index contributed by atoms with van der Waals surface area (Å²) in [4.78, 5) is 4.26. The molecule has 1 unspecified atom stereocenters. The monoisotopic (exact) mass is 283 g/mol. The Kier molecular flexibility index (Phi) is 4.27. The minimum atomic E-state index is 0.118. The summed E-state index contributed by atoms with van der Waals surface area (Å²) >= 11 is 12.1. The van der Waals surface area contributed by atoms with Crippen LogP contribution < -0.4 is 5.32 Å². The zero-order chi connectivity index (χ0) is 13.1. The highest BCUT2D eigenvalue weighted by Gasteiger charge is 2.10. The Morgan fingerprint density at radius 2 is 2.17 bits per heavy atom. The first-order valence-corrected chi connectivity index (χ1v) is 6.48. The molecule has 1 aromatic heterocycles. The van der Waals surface area contributed by atoms with Gasteiger partial charge in [-0.3, -0.25) is 0 Å². The average molecular weight is 284 g/mol. The number of benzene rings is 1. The second kappa shape index (κ2) is 5.74. The van der Waals surface area contributed by atoms with Crippen LogP contribution in [0, 0.1) is 0 Å². The maximum Gasteiger partial charge on any atom is 0.122 e. The van der Waals surface area contributed by atoms with Crippen LogP contribution in [0.4, 0.5) is 0 Å². The van der Waals surface area contributed by atoms with E-state index in [1.54, 1.807) is 12.3 Å². The molecule has 3 nitrogen and oxygen atoms in total. The van der Waals surface area contributed by atoms with Crippen molar-refractivity contribution in [1.29, 1.82) is 0 Å². The minimum Gasteiger partial charge on any atom is -0.337 e. The Morgan fingerprint density at radius 3 is 2.83 bits per heavy atom. The Morgan fingerprint density at radius 1 is 1.39 bits per heavy atom. The summed E-state index contributed by atoms with van der Waals surface area (Å²) in [5, 5.41) is 4.80. The Hall–Kier alpha value is -1.03. The van der Waals surface area contributed by atoms with Crippen molar-refractivity contribution >= 4 is 23.2 Å². The third-order valence-electron chi connectivity index (χ3n) is 2.91. The van der Waals surface area contributed by atoms with Crippen LogP contribution in [0.3, 0.4) is 0 Å². The van der Waals surface area contributed by atoms with E-state index in [9.17, 15) is 0 Å². The first kappa shape index (κ1) is 13.4. The van der Waals surface area contributed by atoms with Gasteiger partial charge in [0.15, 0.2) is 0 Å². The van der Waals surface area contributed by atoms with E-state index in [-0.39, 0.29) is 6.04 Å². The van der Waals surface area contributed by atoms with Crippen LogP contribution in [0.5, 0.6) is 0 Å². The number of nitrogens with one attached hydrogen (secondary N) is 1. The molecule has 0 aliphatic heterocycles. The van der Waals surface area contributed by atoms with E-state index in [1.165, 1.54) is 0 Å². The minimum absolute atomic E-state index is 0.118. The molecule has 0 spiro atoms. The van der Waals surface area contributed by atoms with Crippen molar-refractivity contribution in [1.82, 2.24) is 14.9 Å². The van der Waals surface area contributed by atoms with Gasteiger partial charge in [-0.05, 0) is 30.7 Å². The maximum atomic E-state index is 6.16. The van der Waals surface area contributed by atoms with Gasteiger partial charge in [0.2, 0.25) is 0 Å². The fourth-order valence-electron chi connectivity index (χ4n) is 1.77. The van der Waals surface area contributed by atoms with Crippen molar-refractivity contribution in [2.24, 2.45) is 7.05 Å². The van der Waals surface area contributed by atoms with Gasteiger partial charge in [-0.15, -0.1) is 0 Å². The topological polar surface area (TPSA) is 29.9 Å². The summed E-state index contributed by atoms with van der Waals surface area (Å²) in [5.41, 5.74) is 0.998. The van der Waals surface area contributed by atoms with E-state index in [2.05, 4.69) is 17.2 Å². The maximum absolute atomic E-state index is 6.16. The third kappa shape index (κ3) is 3.05. The molecule has 0 saturated heterocycles. The van der Waals surface area contributed by atoms with Gasteiger partial charge < -0.3 is 9.88 Å². The molecule has 1 heterocycles. The van der Waals surface area contributed by atoms with Gasteiger partial charge in [-0.25, -0.2) is 4.98 Å². The molecule has 0 amide bonds. The van der Waals surface area contributed by atoms with Gasteiger partial charge >= 0.3 is 0 Å². The van der Waals surface area contributed by atoms with Crippen LogP contribution in [-0.4, -0.2) is 9.55 Å². The molecule has 0 fully saturated rings. The largest absolute Gasteiger partial charge is 0.337 e. The number of imidazole rings is 1. The van der Waals surface area contributed by atoms with E-state index in [0.717, 1.165) is 16.4 Å². The summed E-state index contributed by atoms with van der Waals surface area (Å²) in [6, 6.07) is 5.62. The fourth-order valence-corrected chi connectivity index (χ4v) is 2.23. The van der Waals surface area contributed by atoms with Crippen molar-refractivity contribution in [3.05, 3.63) is 52.0 Å².